The number of primary sulfonamides is 1. The maximum Gasteiger partial charge on any atom is 0.238 e. The molecule has 0 radical (unpaired) electrons. The van der Waals surface area contributed by atoms with Crippen LogP contribution in [0.15, 0.2) is 41.6 Å². The minimum Gasteiger partial charge on any atom is -0.225 e. The summed E-state index contributed by atoms with van der Waals surface area (Å²) in [4.78, 5) is 0.0753. The Hall–Kier alpha value is -1.73. The highest BCUT2D eigenvalue weighted by molar-refractivity contribution is 7.89. The van der Waals surface area contributed by atoms with Crippen molar-refractivity contribution in [3.8, 4) is 5.69 Å². The number of rotatable bonds is 2. The zero-order chi connectivity index (χ0) is 10.9. The molecule has 1 aromatic carbocycles. The lowest BCUT2D eigenvalue weighted by atomic mass is 10.3. The van der Waals surface area contributed by atoms with Gasteiger partial charge in [0.15, 0.2) is 0 Å². The highest BCUT2D eigenvalue weighted by Gasteiger charge is 2.07. The van der Waals surface area contributed by atoms with Crippen LogP contribution in [-0.4, -0.2) is 23.4 Å². The fourth-order valence-corrected chi connectivity index (χ4v) is 1.65. The Kier molecular flexibility index (Phi) is 2.25. The van der Waals surface area contributed by atoms with Crippen LogP contribution < -0.4 is 5.14 Å². The normalized spacial score (nSPS) is 11.5. The first-order valence-corrected chi connectivity index (χ1v) is 5.61. The predicted octanol–water partition coefficient (Wildman–Crippen LogP) is -0.0853. The first-order chi connectivity index (χ1) is 7.07. The Morgan fingerprint density at radius 3 is 2.33 bits per heavy atom. The number of hydrogen-bond donors (Lipinski definition) is 1. The van der Waals surface area contributed by atoms with Crippen LogP contribution in [0, 0.1) is 0 Å². The minimum absolute atomic E-state index is 0.0753. The first kappa shape index (κ1) is 9.81. The fraction of sp³-hybridized carbons (Fsp3) is 0. The summed E-state index contributed by atoms with van der Waals surface area (Å²) in [6.45, 7) is 0. The molecule has 0 saturated heterocycles. The quantitative estimate of drug-likeness (QED) is 0.772. The van der Waals surface area contributed by atoms with Gasteiger partial charge in [-0.15, -0.1) is 5.10 Å². The summed E-state index contributed by atoms with van der Waals surface area (Å²) >= 11 is 0. The molecule has 2 aromatic rings. The van der Waals surface area contributed by atoms with Crippen LogP contribution in [-0.2, 0) is 10.0 Å². The summed E-state index contributed by atoms with van der Waals surface area (Å²) in [6.07, 6.45) is 3.19. The summed E-state index contributed by atoms with van der Waals surface area (Å²) in [5, 5.41) is 12.4. The molecule has 0 aliphatic rings. The van der Waals surface area contributed by atoms with Gasteiger partial charge in [-0.1, -0.05) is 5.21 Å². The molecule has 0 unspecified atom stereocenters. The molecule has 0 atom stereocenters. The van der Waals surface area contributed by atoms with Crippen LogP contribution in [0.1, 0.15) is 0 Å². The number of nitrogens with two attached hydrogens (primary N) is 1. The topological polar surface area (TPSA) is 90.9 Å². The molecule has 0 spiro atoms. The van der Waals surface area contributed by atoms with Crippen LogP contribution in [0.2, 0.25) is 0 Å². The Bertz CT molecular complexity index is 545. The Morgan fingerprint density at radius 1 is 1.20 bits per heavy atom. The smallest absolute Gasteiger partial charge is 0.225 e. The zero-order valence-corrected chi connectivity index (χ0v) is 8.42. The van der Waals surface area contributed by atoms with E-state index < -0.39 is 10.0 Å². The molecule has 7 heteroatoms. The van der Waals surface area contributed by atoms with E-state index in [2.05, 4.69) is 10.3 Å². The maximum absolute atomic E-state index is 11.0. The molecular weight excluding hydrogens is 216 g/mol. The van der Waals surface area contributed by atoms with Crippen molar-refractivity contribution >= 4 is 10.0 Å². The second-order valence-corrected chi connectivity index (χ2v) is 4.45. The summed E-state index contributed by atoms with van der Waals surface area (Å²) in [6, 6.07) is 6.06. The Morgan fingerprint density at radius 2 is 1.87 bits per heavy atom. The Labute approximate surface area is 86.4 Å². The van der Waals surface area contributed by atoms with Crippen molar-refractivity contribution in [3.05, 3.63) is 36.7 Å². The molecule has 0 amide bonds. The predicted molar refractivity (Wildman–Crippen MR) is 52.7 cm³/mol. The molecule has 2 rings (SSSR count). The van der Waals surface area contributed by atoms with Crippen LogP contribution >= 0.6 is 0 Å². The molecule has 15 heavy (non-hydrogen) atoms. The molecule has 1 heterocycles. The number of nitrogens with zero attached hydrogens (tertiary/aromatic N) is 3. The highest BCUT2D eigenvalue weighted by Crippen LogP contribution is 2.10. The van der Waals surface area contributed by atoms with E-state index in [0.717, 1.165) is 5.69 Å². The summed E-state index contributed by atoms with van der Waals surface area (Å²) in [5.41, 5.74) is 0.722. The molecule has 0 bridgehead atoms. The summed E-state index contributed by atoms with van der Waals surface area (Å²) in [7, 11) is -3.63. The second-order valence-electron chi connectivity index (χ2n) is 2.89. The lowest BCUT2D eigenvalue weighted by Gasteiger charge is -2.01. The Balaban J connectivity index is 2.42. The van der Waals surface area contributed by atoms with Gasteiger partial charge in [0.2, 0.25) is 10.0 Å². The van der Waals surface area contributed by atoms with Gasteiger partial charge in [-0.3, -0.25) is 0 Å². The van der Waals surface area contributed by atoms with Crippen molar-refractivity contribution in [2.45, 2.75) is 4.90 Å². The highest BCUT2D eigenvalue weighted by atomic mass is 32.2. The summed E-state index contributed by atoms with van der Waals surface area (Å²) < 4.78 is 23.5. The van der Waals surface area contributed by atoms with Gasteiger partial charge in [-0.25, -0.2) is 18.2 Å². The SMILES string of the molecule is NS(=O)(=O)c1ccc(-n2ccnn2)cc1. The van der Waals surface area contributed by atoms with Gasteiger partial charge in [0, 0.05) is 0 Å². The van der Waals surface area contributed by atoms with Crippen LogP contribution in [0.5, 0.6) is 0 Å². The third-order valence-corrected chi connectivity index (χ3v) is 2.78. The molecule has 6 nitrogen and oxygen atoms in total. The summed E-state index contributed by atoms with van der Waals surface area (Å²) in [5.74, 6) is 0. The number of sulfonamides is 1. The van der Waals surface area contributed by atoms with E-state index in [1.807, 2.05) is 0 Å². The molecule has 1 aromatic heterocycles. The van der Waals surface area contributed by atoms with Gasteiger partial charge < -0.3 is 0 Å². The average Bonchev–Trinajstić information content (AvgIpc) is 2.69. The molecule has 78 valence electrons. The third kappa shape index (κ3) is 2.03. The van der Waals surface area contributed by atoms with Gasteiger partial charge in [-0.05, 0) is 24.3 Å². The van der Waals surface area contributed by atoms with Gasteiger partial charge in [0.1, 0.15) is 0 Å². The van der Waals surface area contributed by atoms with E-state index >= 15 is 0 Å². The molecule has 0 fully saturated rings. The van der Waals surface area contributed by atoms with E-state index in [-0.39, 0.29) is 4.90 Å². The van der Waals surface area contributed by atoms with E-state index in [0.29, 0.717) is 0 Å². The third-order valence-electron chi connectivity index (χ3n) is 1.85. The van der Waals surface area contributed by atoms with Crippen molar-refractivity contribution in [1.29, 1.82) is 0 Å². The van der Waals surface area contributed by atoms with Crippen molar-refractivity contribution in [2.75, 3.05) is 0 Å². The van der Waals surface area contributed by atoms with Crippen molar-refractivity contribution in [3.63, 3.8) is 0 Å². The van der Waals surface area contributed by atoms with Crippen molar-refractivity contribution in [1.82, 2.24) is 15.0 Å². The van der Waals surface area contributed by atoms with E-state index in [4.69, 9.17) is 5.14 Å². The van der Waals surface area contributed by atoms with Gasteiger partial charge in [-0.2, -0.15) is 0 Å². The molecular formula is C8H8N4O2S. The lowest BCUT2D eigenvalue weighted by Crippen LogP contribution is -2.12. The van der Waals surface area contributed by atoms with E-state index in [1.54, 1.807) is 18.3 Å². The van der Waals surface area contributed by atoms with Gasteiger partial charge >= 0.3 is 0 Å². The molecule has 0 aliphatic heterocycles. The van der Waals surface area contributed by atoms with E-state index in [9.17, 15) is 8.42 Å². The molecule has 0 aliphatic carbocycles. The fourth-order valence-electron chi connectivity index (χ4n) is 1.13. The minimum atomic E-state index is -3.63. The molecule has 0 saturated carbocycles. The van der Waals surface area contributed by atoms with Crippen molar-refractivity contribution in [2.24, 2.45) is 5.14 Å². The van der Waals surface area contributed by atoms with Crippen LogP contribution in [0.3, 0.4) is 0 Å². The van der Waals surface area contributed by atoms with Crippen LogP contribution in [0.4, 0.5) is 0 Å². The largest absolute Gasteiger partial charge is 0.238 e. The van der Waals surface area contributed by atoms with Gasteiger partial charge in [0.25, 0.3) is 0 Å². The number of benzene rings is 1. The second kappa shape index (κ2) is 3.44. The number of hydrogen-bond acceptors (Lipinski definition) is 4. The monoisotopic (exact) mass is 224 g/mol. The lowest BCUT2D eigenvalue weighted by molar-refractivity contribution is 0.598. The van der Waals surface area contributed by atoms with Gasteiger partial charge in [0.05, 0.1) is 23.0 Å². The first-order valence-electron chi connectivity index (χ1n) is 4.07. The van der Waals surface area contributed by atoms with E-state index in [1.165, 1.54) is 23.0 Å². The average molecular weight is 224 g/mol. The van der Waals surface area contributed by atoms with Crippen molar-refractivity contribution < 1.29 is 8.42 Å². The molecule has 2 N–H and O–H groups in total. The zero-order valence-electron chi connectivity index (χ0n) is 7.61. The standard InChI is InChI=1S/C8H8N4O2S/c9-15(13,14)8-3-1-7(2-4-8)12-6-5-10-11-12/h1-6H,(H2,9,13,14). The number of aromatic nitrogens is 3. The maximum atomic E-state index is 11.0. The van der Waals surface area contributed by atoms with Crippen LogP contribution in [0.25, 0.3) is 5.69 Å².